The molecule has 5 heteroatoms. The Balaban J connectivity index is 1.31. The standard InChI is InChI=1S/C48H55N3O2/c1-30(2)33-25-34(44-50-47(11,31(3)4)48(12,53-44)35-17-14-13-15-18-35)27-39(26-33)52-38-24-32(5)23-37(29-38)51-42-21-20-36(45(6,7)8)28-41(42)46(9,10)40-19-16-22-49-43(40)51/h13-31H,1-12H3/t47-,48-/m1/s1. The third-order valence-corrected chi connectivity index (χ3v) is 11.9. The van der Waals surface area contributed by atoms with Crippen molar-refractivity contribution in [1.82, 2.24) is 4.98 Å². The predicted octanol–water partition coefficient (Wildman–Crippen LogP) is 12.8. The fourth-order valence-electron chi connectivity index (χ4n) is 8.02. The van der Waals surface area contributed by atoms with Crippen LogP contribution in [0.15, 0.2) is 108 Å². The van der Waals surface area contributed by atoms with Gasteiger partial charge in [-0.05, 0) is 108 Å². The topological polar surface area (TPSA) is 47.0 Å². The molecule has 0 saturated carbocycles. The number of aryl methyl sites for hydroxylation is 1. The van der Waals surface area contributed by atoms with Crippen LogP contribution in [0.4, 0.5) is 17.2 Å². The highest BCUT2D eigenvalue weighted by Crippen LogP contribution is 2.53. The molecule has 53 heavy (non-hydrogen) atoms. The van der Waals surface area contributed by atoms with Crippen LogP contribution in [0.1, 0.15) is 121 Å². The average Bonchev–Trinajstić information content (AvgIpc) is 3.40. The molecule has 0 radical (unpaired) electrons. The van der Waals surface area contributed by atoms with E-state index in [1.807, 2.05) is 18.3 Å². The van der Waals surface area contributed by atoms with Crippen molar-refractivity contribution in [2.45, 2.75) is 111 Å². The van der Waals surface area contributed by atoms with E-state index >= 15 is 0 Å². The van der Waals surface area contributed by atoms with Crippen LogP contribution in [-0.2, 0) is 21.2 Å². The smallest absolute Gasteiger partial charge is 0.217 e. The van der Waals surface area contributed by atoms with Gasteiger partial charge in [-0.2, -0.15) is 0 Å². The number of rotatable bonds is 7. The van der Waals surface area contributed by atoms with Gasteiger partial charge in [0.25, 0.3) is 0 Å². The molecule has 0 saturated heterocycles. The van der Waals surface area contributed by atoms with E-state index in [-0.39, 0.29) is 22.7 Å². The minimum absolute atomic E-state index is 0.0293. The Hall–Kier alpha value is -4.90. The summed E-state index contributed by atoms with van der Waals surface area (Å²) in [5, 5.41) is 0. The second-order valence-electron chi connectivity index (χ2n) is 17.6. The molecule has 5 aromatic rings. The first-order valence-electron chi connectivity index (χ1n) is 19.1. The minimum atomic E-state index is -0.630. The van der Waals surface area contributed by atoms with Gasteiger partial charge in [0.15, 0.2) is 5.60 Å². The number of anilines is 3. The Morgan fingerprint density at radius 2 is 1.47 bits per heavy atom. The zero-order chi connectivity index (χ0) is 38.1. The van der Waals surface area contributed by atoms with Gasteiger partial charge in [0.2, 0.25) is 5.90 Å². The molecular formula is C48H55N3O2. The number of hydrogen-bond acceptors (Lipinski definition) is 5. The summed E-state index contributed by atoms with van der Waals surface area (Å²) in [5.41, 5.74) is 8.97. The summed E-state index contributed by atoms with van der Waals surface area (Å²) in [5.74, 6) is 3.62. The molecule has 2 aliphatic rings. The number of nitrogens with zero attached hydrogens (tertiary/aromatic N) is 3. The van der Waals surface area contributed by atoms with Crippen LogP contribution in [0.2, 0.25) is 0 Å². The van der Waals surface area contributed by atoms with Crippen molar-refractivity contribution in [1.29, 1.82) is 0 Å². The molecule has 2 atom stereocenters. The van der Waals surface area contributed by atoms with E-state index in [1.54, 1.807) is 0 Å². The summed E-state index contributed by atoms with van der Waals surface area (Å²) in [4.78, 5) is 12.6. The summed E-state index contributed by atoms with van der Waals surface area (Å²) < 4.78 is 13.8. The Kier molecular flexibility index (Phi) is 8.87. The molecule has 5 nitrogen and oxygen atoms in total. The lowest BCUT2D eigenvalue weighted by Gasteiger charge is -2.41. The minimum Gasteiger partial charge on any atom is -0.464 e. The van der Waals surface area contributed by atoms with Crippen molar-refractivity contribution in [3.8, 4) is 11.5 Å². The molecule has 274 valence electrons. The molecule has 0 aliphatic carbocycles. The largest absolute Gasteiger partial charge is 0.464 e. The number of pyridine rings is 1. The van der Waals surface area contributed by atoms with Crippen molar-refractivity contribution in [2.75, 3.05) is 4.90 Å². The number of fused-ring (bicyclic) bond motifs is 2. The van der Waals surface area contributed by atoms with Gasteiger partial charge in [0.05, 0.1) is 11.4 Å². The molecule has 1 aromatic heterocycles. The van der Waals surface area contributed by atoms with Crippen LogP contribution in [0, 0.1) is 12.8 Å². The lowest BCUT2D eigenvalue weighted by molar-refractivity contribution is 0.00857. The second-order valence-corrected chi connectivity index (χ2v) is 17.6. The highest BCUT2D eigenvalue weighted by molar-refractivity contribution is 5.97. The number of ether oxygens (including phenoxy) is 2. The van der Waals surface area contributed by atoms with E-state index in [0.29, 0.717) is 5.90 Å². The van der Waals surface area contributed by atoms with Gasteiger partial charge in [0.1, 0.15) is 22.9 Å². The first kappa shape index (κ1) is 36.5. The van der Waals surface area contributed by atoms with Gasteiger partial charge in [-0.1, -0.05) is 111 Å². The van der Waals surface area contributed by atoms with Crippen LogP contribution in [0.3, 0.4) is 0 Å². The van der Waals surface area contributed by atoms with Gasteiger partial charge in [-0.25, -0.2) is 9.98 Å². The third-order valence-electron chi connectivity index (χ3n) is 11.9. The highest BCUT2D eigenvalue weighted by atomic mass is 16.5. The predicted molar refractivity (Wildman–Crippen MR) is 220 cm³/mol. The van der Waals surface area contributed by atoms with Crippen LogP contribution >= 0.6 is 0 Å². The van der Waals surface area contributed by atoms with Crippen molar-refractivity contribution < 1.29 is 9.47 Å². The maximum Gasteiger partial charge on any atom is 0.217 e. The monoisotopic (exact) mass is 705 g/mol. The SMILES string of the molecule is Cc1cc(Oc2cc(C3=N[C@](C)(C(C)C)[C@@](C)(c4ccccc4)O3)cc(C(C)C)c2)cc(N2c3ccc(C(C)(C)C)cc3C(C)(C)c3cccnc32)c1. The average molecular weight is 706 g/mol. The zero-order valence-electron chi connectivity index (χ0n) is 33.6. The van der Waals surface area contributed by atoms with E-state index in [4.69, 9.17) is 19.5 Å². The summed E-state index contributed by atoms with van der Waals surface area (Å²) in [6, 6.07) is 34.6. The molecular weight excluding hydrogens is 651 g/mol. The Morgan fingerprint density at radius 1 is 0.755 bits per heavy atom. The first-order chi connectivity index (χ1) is 24.9. The van der Waals surface area contributed by atoms with Gasteiger partial charge in [-0.3, -0.25) is 4.90 Å². The summed E-state index contributed by atoms with van der Waals surface area (Å²) in [6.45, 7) is 26.8. The van der Waals surface area contributed by atoms with E-state index in [0.717, 1.165) is 50.9 Å². The van der Waals surface area contributed by atoms with Crippen LogP contribution < -0.4 is 9.64 Å². The molecule has 0 spiro atoms. The first-order valence-corrected chi connectivity index (χ1v) is 19.1. The van der Waals surface area contributed by atoms with E-state index in [1.165, 1.54) is 16.7 Å². The molecule has 0 amide bonds. The number of aliphatic imine (C=N–C) groups is 1. The molecule has 3 heterocycles. The summed E-state index contributed by atoms with van der Waals surface area (Å²) in [6.07, 6.45) is 1.89. The molecule has 7 rings (SSSR count). The molecule has 0 bridgehead atoms. The molecule has 0 N–H and O–H groups in total. The number of benzene rings is 4. The zero-order valence-corrected chi connectivity index (χ0v) is 33.6. The number of hydrogen-bond donors (Lipinski definition) is 0. The van der Waals surface area contributed by atoms with E-state index in [2.05, 4.69) is 173 Å². The highest BCUT2D eigenvalue weighted by Gasteiger charge is 2.55. The van der Waals surface area contributed by atoms with Crippen LogP contribution in [0.5, 0.6) is 11.5 Å². The lowest BCUT2D eigenvalue weighted by atomic mass is 9.72. The van der Waals surface area contributed by atoms with E-state index < -0.39 is 11.1 Å². The lowest BCUT2D eigenvalue weighted by Crippen LogP contribution is -2.47. The van der Waals surface area contributed by atoms with Gasteiger partial charge >= 0.3 is 0 Å². The summed E-state index contributed by atoms with van der Waals surface area (Å²) in [7, 11) is 0. The van der Waals surface area contributed by atoms with Crippen molar-refractivity contribution in [2.24, 2.45) is 10.9 Å². The maximum atomic E-state index is 6.95. The molecule has 2 aliphatic heterocycles. The van der Waals surface area contributed by atoms with Gasteiger partial charge < -0.3 is 9.47 Å². The van der Waals surface area contributed by atoms with Crippen molar-refractivity contribution in [3.63, 3.8) is 0 Å². The second kappa shape index (κ2) is 12.9. The van der Waals surface area contributed by atoms with Crippen LogP contribution in [-0.4, -0.2) is 16.4 Å². The summed E-state index contributed by atoms with van der Waals surface area (Å²) >= 11 is 0. The van der Waals surface area contributed by atoms with Crippen molar-refractivity contribution >= 4 is 23.1 Å². The Morgan fingerprint density at radius 3 is 2.15 bits per heavy atom. The Bertz CT molecular complexity index is 2210. The fraction of sp³-hybridized carbons (Fsp3) is 0.375. The molecule has 0 fully saturated rings. The number of aromatic nitrogens is 1. The molecule has 0 unspecified atom stereocenters. The van der Waals surface area contributed by atoms with Gasteiger partial charge in [-0.15, -0.1) is 0 Å². The van der Waals surface area contributed by atoms with Gasteiger partial charge in [0, 0.05) is 28.8 Å². The fourth-order valence-corrected chi connectivity index (χ4v) is 8.02. The van der Waals surface area contributed by atoms with Crippen LogP contribution in [0.25, 0.3) is 0 Å². The molecule has 4 aromatic carbocycles. The van der Waals surface area contributed by atoms with Crippen molar-refractivity contribution in [3.05, 3.63) is 142 Å². The third kappa shape index (κ3) is 6.22. The quantitative estimate of drug-likeness (QED) is 0.169. The maximum absolute atomic E-state index is 6.95. The Labute approximate surface area is 317 Å². The normalized spacial score (nSPS) is 20.6. The van der Waals surface area contributed by atoms with E-state index in [9.17, 15) is 0 Å².